The van der Waals surface area contributed by atoms with Crippen LogP contribution in [0.4, 0.5) is 13.2 Å². The molecule has 1 rings (SSSR count). The van der Waals surface area contributed by atoms with Crippen molar-refractivity contribution in [1.29, 1.82) is 0 Å². The summed E-state index contributed by atoms with van der Waals surface area (Å²) in [7, 11) is 0. The van der Waals surface area contributed by atoms with E-state index < -0.39 is 11.9 Å². The zero-order chi connectivity index (χ0) is 9.35. The van der Waals surface area contributed by atoms with E-state index in [1.165, 1.54) is 6.20 Å². The minimum atomic E-state index is -4.31. The fraction of sp³-hybridized carbons (Fsp3) is 0.429. The Labute approximate surface area is 67.6 Å². The summed E-state index contributed by atoms with van der Waals surface area (Å²) in [6.45, 7) is 1.63. The van der Waals surface area contributed by atoms with Crippen molar-refractivity contribution in [1.82, 2.24) is 4.98 Å². The van der Waals surface area contributed by atoms with Crippen LogP contribution in [0.25, 0.3) is 0 Å². The van der Waals surface area contributed by atoms with Crippen molar-refractivity contribution in [3.63, 3.8) is 0 Å². The highest BCUT2D eigenvalue weighted by molar-refractivity contribution is 5.21. The Morgan fingerprint density at radius 2 is 2.08 bits per heavy atom. The molecule has 0 aliphatic heterocycles. The van der Waals surface area contributed by atoms with Crippen LogP contribution in [0.15, 0.2) is 12.3 Å². The van der Waals surface area contributed by atoms with Gasteiger partial charge in [0.15, 0.2) is 0 Å². The lowest BCUT2D eigenvalue weighted by Gasteiger charge is -2.01. The van der Waals surface area contributed by atoms with Crippen LogP contribution in [0.2, 0.25) is 0 Å². The van der Waals surface area contributed by atoms with Gasteiger partial charge in [-0.25, -0.2) is 0 Å². The highest BCUT2D eigenvalue weighted by Gasteiger charge is 2.32. The van der Waals surface area contributed by atoms with E-state index in [2.05, 4.69) is 4.98 Å². The molecule has 0 aromatic carbocycles. The zero-order valence-corrected chi connectivity index (χ0v) is 6.44. The fourth-order valence-corrected chi connectivity index (χ4v) is 0.838. The molecule has 0 radical (unpaired) electrons. The maximum atomic E-state index is 12.0. The molecule has 0 aliphatic carbocycles. The predicted octanol–water partition coefficient (Wildman–Crippen LogP) is 2.05. The Kier molecular flexibility index (Phi) is 2.14. The van der Waals surface area contributed by atoms with Crippen molar-refractivity contribution in [2.24, 2.45) is 5.73 Å². The first-order valence-electron chi connectivity index (χ1n) is 3.42. The minimum absolute atomic E-state index is 0.377. The van der Waals surface area contributed by atoms with E-state index in [-0.39, 0.29) is 6.04 Å². The number of nitrogens with two attached hydrogens (primary N) is 1. The van der Waals surface area contributed by atoms with Gasteiger partial charge in [0.1, 0.15) is 5.69 Å². The quantitative estimate of drug-likeness (QED) is 0.679. The Balaban J connectivity index is 2.92. The second kappa shape index (κ2) is 2.82. The summed E-state index contributed by atoms with van der Waals surface area (Å²) in [5.41, 5.74) is 5.09. The summed E-state index contributed by atoms with van der Waals surface area (Å²) in [6, 6.07) is 0.641. The summed E-state index contributed by atoms with van der Waals surface area (Å²) in [6.07, 6.45) is -3.04. The average molecular weight is 178 g/mol. The van der Waals surface area contributed by atoms with Gasteiger partial charge in [0.25, 0.3) is 0 Å². The van der Waals surface area contributed by atoms with Gasteiger partial charge in [-0.05, 0) is 18.6 Å². The number of rotatable bonds is 1. The van der Waals surface area contributed by atoms with Crippen molar-refractivity contribution >= 4 is 0 Å². The van der Waals surface area contributed by atoms with Crippen LogP contribution in [-0.2, 0) is 6.18 Å². The van der Waals surface area contributed by atoms with Crippen LogP contribution in [-0.4, -0.2) is 4.98 Å². The lowest BCUT2D eigenvalue weighted by Crippen LogP contribution is -2.05. The third-order valence-electron chi connectivity index (χ3n) is 1.54. The van der Waals surface area contributed by atoms with Gasteiger partial charge >= 0.3 is 6.18 Å². The molecule has 0 saturated heterocycles. The summed E-state index contributed by atoms with van der Waals surface area (Å²) in [5.74, 6) is 0. The Morgan fingerprint density at radius 1 is 1.50 bits per heavy atom. The van der Waals surface area contributed by atoms with Crippen molar-refractivity contribution < 1.29 is 13.2 Å². The molecular weight excluding hydrogens is 169 g/mol. The molecule has 1 aromatic rings. The van der Waals surface area contributed by atoms with Crippen LogP contribution in [0.1, 0.15) is 24.2 Å². The van der Waals surface area contributed by atoms with Crippen molar-refractivity contribution in [3.05, 3.63) is 23.5 Å². The molecule has 5 heteroatoms. The topological polar surface area (TPSA) is 41.8 Å². The third-order valence-corrected chi connectivity index (χ3v) is 1.54. The second-order valence-electron chi connectivity index (χ2n) is 2.63. The second-order valence-corrected chi connectivity index (χ2v) is 2.63. The molecule has 2 nitrogen and oxygen atoms in total. The number of aromatic amines is 1. The molecule has 0 spiro atoms. The standard InChI is InChI=1S/C7H9F3N2/c1-4(11)5-2-6(12-3-5)7(8,9)10/h2-4,12H,11H2,1H3/t4-/m0/s1. The van der Waals surface area contributed by atoms with Crippen molar-refractivity contribution in [3.8, 4) is 0 Å². The number of alkyl halides is 3. The summed E-state index contributed by atoms with van der Waals surface area (Å²) < 4.78 is 36.0. The molecule has 0 fully saturated rings. The maximum absolute atomic E-state index is 12.0. The Morgan fingerprint density at radius 3 is 2.33 bits per heavy atom. The molecule has 0 saturated carbocycles. The monoisotopic (exact) mass is 178 g/mol. The molecule has 1 atom stereocenters. The van der Waals surface area contributed by atoms with E-state index in [0.29, 0.717) is 5.56 Å². The summed E-state index contributed by atoms with van der Waals surface area (Å²) in [4.78, 5) is 2.12. The summed E-state index contributed by atoms with van der Waals surface area (Å²) in [5, 5.41) is 0. The first kappa shape index (κ1) is 9.12. The number of halogens is 3. The van der Waals surface area contributed by atoms with Crippen LogP contribution >= 0.6 is 0 Å². The molecule has 0 unspecified atom stereocenters. The smallest absolute Gasteiger partial charge is 0.357 e. The van der Waals surface area contributed by atoms with Gasteiger partial charge in [-0.1, -0.05) is 0 Å². The molecule has 12 heavy (non-hydrogen) atoms. The van der Waals surface area contributed by atoms with Gasteiger partial charge in [-0.2, -0.15) is 13.2 Å². The van der Waals surface area contributed by atoms with Gasteiger partial charge in [-0.3, -0.25) is 0 Å². The Bertz CT molecular complexity index is 262. The first-order valence-corrected chi connectivity index (χ1v) is 3.42. The van der Waals surface area contributed by atoms with E-state index in [4.69, 9.17) is 5.73 Å². The predicted molar refractivity (Wildman–Crippen MR) is 38.4 cm³/mol. The van der Waals surface area contributed by atoms with Gasteiger partial charge < -0.3 is 10.7 Å². The van der Waals surface area contributed by atoms with Crippen molar-refractivity contribution in [2.75, 3.05) is 0 Å². The summed E-state index contributed by atoms with van der Waals surface area (Å²) >= 11 is 0. The van der Waals surface area contributed by atoms with Crippen LogP contribution in [0.5, 0.6) is 0 Å². The lowest BCUT2D eigenvalue weighted by atomic mass is 10.2. The third kappa shape index (κ3) is 1.79. The van der Waals surface area contributed by atoms with E-state index in [1.807, 2.05) is 0 Å². The van der Waals surface area contributed by atoms with E-state index in [1.54, 1.807) is 6.92 Å². The highest BCUT2D eigenvalue weighted by atomic mass is 19.4. The molecule has 0 amide bonds. The number of nitrogens with one attached hydrogen (secondary N) is 1. The van der Waals surface area contributed by atoms with Crippen LogP contribution < -0.4 is 5.73 Å². The first-order chi connectivity index (χ1) is 5.41. The number of hydrogen-bond acceptors (Lipinski definition) is 1. The molecule has 68 valence electrons. The van der Waals surface area contributed by atoms with Gasteiger partial charge in [-0.15, -0.1) is 0 Å². The van der Waals surface area contributed by atoms with E-state index in [9.17, 15) is 13.2 Å². The normalized spacial score (nSPS) is 14.8. The van der Waals surface area contributed by atoms with Crippen LogP contribution in [0.3, 0.4) is 0 Å². The Hall–Kier alpha value is -0.970. The SMILES string of the molecule is C[C@H](N)c1c[nH]c(C(F)(F)F)c1. The number of hydrogen-bond donors (Lipinski definition) is 2. The lowest BCUT2D eigenvalue weighted by molar-refractivity contribution is -0.140. The van der Waals surface area contributed by atoms with E-state index >= 15 is 0 Å². The van der Waals surface area contributed by atoms with Gasteiger partial charge in [0.05, 0.1) is 0 Å². The molecule has 0 bridgehead atoms. The minimum Gasteiger partial charge on any atom is -0.357 e. The van der Waals surface area contributed by atoms with E-state index in [0.717, 1.165) is 6.07 Å². The zero-order valence-electron chi connectivity index (χ0n) is 6.44. The fourth-order valence-electron chi connectivity index (χ4n) is 0.838. The van der Waals surface area contributed by atoms with Crippen molar-refractivity contribution in [2.45, 2.75) is 19.1 Å². The molecule has 0 aliphatic rings. The van der Waals surface area contributed by atoms with Crippen LogP contribution in [0, 0.1) is 0 Å². The highest BCUT2D eigenvalue weighted by Crippen LogP contribution is 2.29. The maximum Gasteiger partial charge on any atom is 0.431 e. The molecule has 1 aromatic heterocycles. The van der Waals surface area contributed by atoms with Gasteiger partial charge in [0.2, 0.25) is 0 Å². The molecular formula is C7H9F3N2. The number of H-pyrrole nitrogens is 1. The van der Waals surface area contributed by atoms with Gasteiger partial charge in [0, 0.05) is 12.2 Å². The molecule has 3 N–H and O–H groups in total. The number of aromatic nitrogens is 1. The molecule has 1 heterocycles. The average Bonchev–Trinajstić information content (AvgIpc) is 2.30. The largest absolute Gasteiger partial charge is 0.431 e.